The molecule has 2 aliphatic rings. The predicted octanol–water partition coefficient (Wildman–Crippen LogP) is -1.25. The smallest absolute Gasteiger partial charge is 0.315 e. The molecule has 0 aromatic rings. The Bertz CT molecular complexity index is 148. The number of carbonyl (C=O) groups is 1. The first-order valence-corrected chi connectivity index (χ1v) is 2.96. The van der Waals surface area contributed by atoms with E-state index in [1.54, 1.807) is 5.01 Å². The third kappa shape index (κ3) is 0.585. The molecule has 0 aromatic heterocycles. The van der Waals surface area contributed by atoms with E-state index >= 15 is 0 Å². The molecule has 5 heteroatoms. The molecule has 2 heterocycles. The SMILES string of the molecule is O=C1NC2CCNNN12. The molecule has 0 aliphatic carbocycles. The Morgan fingerprint density at radius 1 is 1.67 bits per heavy atom. The molecule has 2 amide bonds. The summed E-state index contributed by atoms with van der Waals surface area (Å²) in [5.74, 6) is 0. The highest BCUT2D eigenvalue weighted by Gasteiger charge is 2.36. The number of hydrazine groups is 2. The number of fused-ring (bicyclic) bond motifs is 1. The van der Waals surface area contributed by atoms with Crippen molar-refractivity contribution in [2.24, 2.45) is 0 Å². The summed E-state index contributed by atoms with van der Waals surface area (Å²) in [5.41, 5.74) is 5.60. The standard InChI is InChI=1S/C4H8N4O/c9-4-6-3-1-2-5-7-8(3)4/h3,5,7H,1-2H2,(H,6,9). The highest BCUT2D eigenvalue weighted by molar-refractivity contribution is 5.79. The summed E-state index contributed by atoms with van der Waals surface area (Å²) in [4.78, 5) is 10.6. The maximum absolute atomic E-state index is 10.6. The molecule has 0 saturated carbocycles. The van der Waals surface area contributed by atoms with Crippen molar-refractivity contribution >= 4 is 6.03 Å². The Kier molecular flexibility index (Phi) is 0.882. The minimum atomic E-state index is -0.0489. The molecule has 2 saturated heterocycles. The molecule has 2 rings (SSSR count). The van der Waals surface area contributed by atoms with E-state index in [1.165, 1.54) is 0 Å². The van der Waals surface area contributed by atoms with Crippen molar-refractivity contribution in [3.05, 3.63) is 0 Å². The van der Waals surface area contributed by atoms with Crippen molar-refractivity contribution in [1.82, 2.24) is 21.3 Å². The summed E-state index contributed by atoms with van der Waals surface area (Å²) in [7, 11) is 0. The fourth-order valence-electron chi connectivity index (χ4n) is 1.03. The Morgan fingerprint density at radius 2 is 2.56 bits per heavy atom. The van der Waals surface area contributed by atoms with Crippen LogP contribution in [0.2, 0.25) is 0 Å². The lowest BCUT2D eigenvalue weighted by atomic mass is 10.2. The summed E-state index contributed by atoms with van der Waals surface area (Å²) in [6.45, 7) is 0.904. The van der Waals surface area contributed by atoms with Gasteiger partial charge >= 0.3 is 6.03 Å². The first kappa shape index (κ1) is 5.01. The van der Waals surface area contributed by atoms with E-state index in [4.69, 9.17) is 0 Å². The fraction of sp³-hybridized carbons (Fsp3) is 0.750. The zero-order valence-electron chi connectivity index (χ0n) is 4.85. The van der Waals surface area contributed by atoms with Crippen LogP contribution in [0, 0.1) is 0 Å². The number of nitrogens with one attached hydrogen (secondary N) is 3. The molecule has 5 nitrogen and oxygen atoms in total. The monoisotopic (exact) mass is 128 g/mol. The van der Waals surface area contributed by atoms with Gasteiger partial charge in [-0.2, -0.15) is 5.53 Å². The van der Waals surface area contributed by atoms with Crippen LogP contribution >= 0.6 is 0 Å². The van der Waals surface area contributed by atoms with Crippen molar-refractivity contribution < 1.29 is 4.79 Å². The second-order valence-corrected chi connectivity index (χ2v) is 2.16. The van der Waals surface area contributed by atoms with Crippen LogP contribution in [0.15, 0.2) is 0 Å². The number of nitrogens with zero attached hydrogens (tertiary/aromatic N) is 1. The Labute approximate surface area is 52.3 Å². The lowest BCUT2D eigenvalue weighted by Crippen LogP contribution is -2.75. The van der Waals surface area contributed by atoms with Crippen LogP contribution < -0.4 is 16.3 Å². The molecule has 2 aliphatic heterocycles. The van der Waals surface area contributed by atoms with Crippen molar-refractivity contribution in [2.45, 2.75) is 12.6 Å². The quantitative estimate of drug-likeness (QED) is 0.382. The number of hydrogen-bond acceptors (Lipinski definition) is 3. The first-order valence-electron chi connectivity index (χ1n) is 2.96. The highest BCUT2D eigenvalue weighted by Crippen LogP contribution is 2.09. The van der Waals surface area contributed by atoms with Gasteiger partial charge in [-0.15, -0.1) is 0 Å². The van der Waals surface area contributed by atoms with Gasteiger partial charge in [-0.3, -0.25) is 0 Å². The summed E-state index contributed by atoms with van der Waals surface area (Å²) in [6.07, 6.45) is 1.19. The van der Waals surface area contributed by atoms with Crippen LogP contribution in [-0.2, 0) is 0 Å². The van der Waals surface area contributed by atoms with Crippen LogP contribution in [0.25, 0.3) is 0 Å². The molecule has 0 bridgehead atoms. The van der Waals surface area contributed by atoms with E-state index in [0.29, 0.717) is 0 Å². The van der Waals surface area contributed by atoms with E-state index in [1.807, 2.05) is 0 Å². The van der Waals surface area contributed by atoms with E-state index < -0.39 is 0 Å². The molecule has 9 heavy (non-hydrogen) atoms. The van der Waals surface area contributed by atoms with Crippen molar-refractivity contribution in [3.63, 3.8) is 0 Å². The van der Waals surface area contributed by atoms with Gasteiger partial charge in [0.1, 0.15) is 6.17 Å². The fourth-order valence-corrected chi connectivity index (χ4v) is 1.03. The van der Waals surface area contributed by atoms with Crippen molar-refractivity contribution in [1.29, 1.82) is 0 Å². The highest BCUT2D eigenvalue weighted by atomic mass is 16.2. The van der Waals surface area contributed by atoms with Gasteiger partial charge in [-0.25, -0.2) is 15.2 Å². The lowest BCUT2D eigenvalue weighted by Gasteiger charge is -2.44. The lowest BCUT2D eigenvalue weighted by molar-refractivity contribution is 0.0205. The summed E-state index contributed by atoms with van der Waals surface area (Å²) in [5, 5.41) is 4.27. The summed E-state index contributed by atoms with van der Waals surface area (Å²) < 4.78 is 0. The molecule has 2 fully saturated rings. The van der Waals surface area contributed by atoms with Crippen LogP contribution in [0.4, 0.5) is 4.79 Å². The number of rotatable bonds is 0. The number of amides is 2. The molecule has 0 spiro atoms. The van der Waals surface area contributed by atoms with Gasteiger partial charge in [0.2, 0.25) is 0 Å². The summed E-state index contributed by atoms with van der Waals surface area (Å²) in [6, 6.07) is -0.0489. The Hall–Kier alpha value is -0.810. The maximum Gasteiger partial charge on any atom is 0.336 e. The molecule has 3 N–H and O–H groups in total. The van der Waals surface area contributed by atoms with E-state index in [0.717, 1.165) is 13.0 Å². The predicted molar refractivity (Wildman–Crippen MR) is 29.9 cm³/mol. The molecular weight excluding hydrogens is 120 g/mol. The van der Waals surface area contributed by atoms with Gasteiger partial charge in [-0.05, 0) is 0 Å². The topological polar surface area (TPSA) is 56.4 Å². The number of carbonyl (C=O) groups excluding carboxylic acids is 1. The van der Waals surface area contributed by atoms with Gasteiger partial charge < -0.3 is 5.32 Å². The third-order valence-corrected chi connectivity index (χ3v) is 1.56. The average Bonchev–Trinajstić information content (AvgIpc) is 1.86. The van der Waals surface area contributed by atoms with Crippen LogP contribution in [0.3, 0.4) is 0 Å². The zero-order chi connectivity index (χ0) is 6.27. The van der Waals surface area contributed by atoms with Crippen molar-refractivity contribution in [3.8, 4) is 0 Å². The van der Waals surface area contributed by atoms with Crippen LogP contribution in [0.1, 0.15) is 6.42 Å². The van der Waals surface area contributed by atoms with Gasteiger partial charge in [-0.1, -0.05) is 0 Å². The first-order chi connectivity index (χ1) is 4.38. The molecule has 1 unspecified atom stereocenters. The van der Waals surface area contributed by atoms with E-state index in [2.05, 4.69) is 16.3 Å². The minimum Gasteiger partial charge on any atom is -0.315 e. The zero-order valence-corrected chi connectivity index (χ0v) is 4.85. The van der Waals surface area contributed by atoms with Crippen molar-refractivity contribution in [2.75, 3.05) is 6.54 Å². The minimum absolute atomic E-state index is 0.0489. The maximum atomic E-state index is 10.6. The number of hydrogen-bond donors (Lipinski definition) is 3. The second-order valence-electron chi connectivity index (χ2n) is 2.16. The third-order valence-electron chi connectivity index (χ3n) is 1.56. The van der Waals surface area contributed by atoms with Gasteiger partial charge in [0.25, 0.3) is 0 Å². The Morgan fingerprint density at radius 3 is 3.11 bits per heavy atom. The van der Waals surface area contributed by atoms with Gasteiger partial charge in [0.15, 0.2) is 0 Å². The molecular formula is C4H8N4O. The Balaban J connectivity index is 2.01. The van der Waals surface area contributed by atoms with Crippen LogP contribution in [-0.4, -0.2) is 23.8 Å². The van der Waals surface area contributed by atoms with Crippen LogP contribution in [0.5, 0.6) is 0 Å². The van der Waals surface area contributed by atoms with Gasteiger partial charge in [0, 0.05) is 13.0 Å². The largest absolute Gasteiger partial charge is 0.336 e. The molecule has 0 radical (unpaired) electrons. The summed E-state index contributed by atoms with van der Waals surface area (Å²) >= 11 is 0. The normalized spacial score (nSPS) is 32.7. The average molecular weight is 128 g/mol. The molecule has 1 atom stereocenters. The number of urea groups is 1. The van der Waals surface area contributed by atoms with E-state index in [-0.39, 0.29) is 12.2 Å². The van der Waals surface area contributed by atoms with Gasteiger partial charge in [0.05, 0.1) is 0 Å². The molecule has 50 valence electrons. The second kappa shape index (κ2) is 1.58. The molecule has 0 aromatic carbocycles. The van der Waals surface area contributed by atoms with E-state index in [9.17, 15) is 4.79 Å².